The van der Waals surface area contributed by atoms with Gasteiger partial charge in [-0.05, 0) is 0 Å². The van der Waals surface area contributed by atoms with E-state index >= 15 is 0 Å². The van der Waals surface area contributed by atoms with Gasteiger partial charge in [-0.15, -0.1) is 0 Å². The van der Waals surface area contributed by atoms with Crippen molar-refractivity contribution in [2.24, 2.45) is 0 Å². The molecule has 2 aliphatic carbocycles. The maximum absolute atomic E-state index is 2.61. The van der Waals surface area contributed by atoms with E-state index in [2.05, 4.69) is 65.8 Å². The number of hydrogen-bond donors (Lipinski definition) is 0. The summed E-state index contributed by atoms with van der Waals surface area (Å²) in [4.78, 5) is 0. The van der Waals surface area contributed by atoms with E-state index in [1.807, 2.05) is 0 Å². The van der Waals surface area contributed by atoms with Crippen molar-refractivity contribution in [1.82, 2.24) is 0 Å². The summed E-state index contributed by atoms with van der Waals surface area (Å²) in [5.74, 6) is 0. The third-order valence-corrected chi connectivity index (χ3v) is 10.2. The summed E-state index contributed by atoms with van der Waals surface area (Å²) in [6.07, 6.45) is 15.2. The molecule has 0 N–H and O–H groups in total. The first-order valence-corrected chi connectivity index (χ1v) is 10.9. The molecule has 0 radical (unpaired) electrons. The zero-order valence-corrected chi connectivity index (χ0v) is 17.1. The predicted octanol–water partition coefficient (Wildman–Crippen LogP) is 6.80. The fourth-order valence-corrected chi connectivity index (χ4v) is 8.83. The zero-order chi connectivity index (χ0) is 15.7. The Morgan fingerprint density at radius 2 is 1.19 bits per heavy atom. The van der Waals surface area contributed by atoms with E-state index in [1.54, 1.807) is 22.3 Å². The maximum atomic E-state index is 2.61. The van der Waals surface area contributed by atoms with E-state index in [9.17, 15) is 0 Å². The summed E-state index contributed by atoms with van der Waals surface area (Å²) >= 11 is -0.649. The minimum atomic E-state index is -0.649. The van der Waals surface area contributed by atoms with Crippen LogP contribution in [-0.2, 0) is 23.2 Å². The number of rotatable bonds is 6. The molecule has 2 aliphatic rings. The molecule has 0 saturated carbocycles. The van der Waals surface area contributed by atoms with Gasteiger partial charge in [0, 0.05) is 0 Å². The van der Waals surface area contributed by atoms with Crippen LogP contribution in [0.15, 0.2) is 46.6 Å². The molecule has 0 aliphatic heterocycles. The van der Waals surface area contributed by atoms with Gasteiger partial charge in [0.25, 0.3) is 0 Å². The normalized spacial score (nSPS) is 31.7. The Hall–Kier alpha value is -0.157. The Morgan fingerprint density at radius 3 is 1.52 bits per heavy atom. The first-order chi connectivity index (χ1) is 9.83. The van der Waals surface area contributed by atoms with Crippen LogP contribution in [0.4, 0.5) is 0 Å². The van der Waals surface area contributed by atoms with Gasteiger partial charge in [-0.25, -0.2) is 0 Å². The van der Waals surface area contributed by atoms with E-state index in [1.165, 1.54) is 25.7 Å². The van der Waals surface area contributed by atoms with Crippen molar-refractivity contribution in [3.05, 3.63) is 46.6 Å². The van der Waals surface area contributed by atoms with E-state index in [0.717, 1.165) is 0 Å². The molecule has 114 valence electrons. The molecule has 0 nitrogen and oxygen atoms in total. The molecule has 0 spiro atoms. The van der Waals surface area contributed by atoms with Gasteiger partial charge >= 0.3 is 143 Å². The topological polar surface area (TPSA) is 0 Å². The summed E-state index contributed by atoms with van der Waals surface area (Å²) in [7, 11) is 0. The van der Waals surface area contributed by atoms with Gasteiger partial charge in [0.2, 0.25) is 0 Å². The molecule has 0 amide bonds. The average molecular weight is 362 g/mol. The molecule has 21 heavy (non-hydrogen) atoms. The van der Waals surface area contributed by atoms with Crippen LogP contribution in [0.1, 0.15) is 67.2 Å². The second-order valence-electron chi connectivity index (χ2n) is 7.12. The van der Waals surface area contributed by atoms with Crippen LogP contribution in [0.2, 0.25) is 6.25 Å². The Morgan fingerprint density at radius 1 is 0.810 bits per heavy atom. The average Bonchev–Trinajstić information content (AvgIpc) is 2.78. The summed E-state index contributed by atoms with van der Waals surface area (Å²) in [6, 6.07) is 0. The third-order valence-electron chi connectivity index (χ3n) is 4.99. The van der Waals surface area contributed by atoms with Gasteiger partial charge < -0.3 is 0 Å². The monoisotopic (exact) mass is 360 g/mol. The third kappa shape index (κ3) is 3.61. The molecule has 2 rings (SSSR count). The molecule has 0 aromatic carbocycles. The van der Waals surface area contributed by atoms with Crippen LogP contribution in [0, 0.1) is 0 Å². The Labute approximate surface area is 143 Å². The van der Waals surface area contributed by atoms with Crippen molar-refractivity contribution in [3.63, 3.8) is 0 Å². The van der Waals surface area contributed by atoms with Crippen molar-refractivity contribution in [3.8, 4) is 0 Å². The summed E-state index contributed by atoms with van der Waals surface area (Å²) < 4.78 is 0.797. The van der Waals surface area contributed by atoms with Crippen molar-refractivity contribution < 1.29 is 23.2 Å². The van der Waals surface area contributed by atoms with Crippen molar-refractivity contribution in [2.75, 3.05) is 0 Å². The van der Waals surface area contributed by atoms with Crippen LogP contribution in [-0.4, -0.2) is 0 Å². The van der Waals surface area contributed by atoms with E-state index < -0.39 is 23.2 Å². The van der Waals surface area contributed by atoms with Gasteiger partial charge in [-0.1, -0.05) is 0 Å². The molecular weight excluding hydrogens is 331 g/mol. The Balaban J connectivity index is 2.22. The van der Waals surface area contributed by atoms with Crippen molar-refractivity contribution in [1.29, 1.82) is 0 Å². The molecular formula is C20H30Zr. The predicted molar refractivity (Wildman–Crippen MR) is 90.2 cm³/mol. The first-order valence-electron chi connectivity index (χ1n) is 8.43. The molecule has 1 heteroatoms. The van der Waals surface area contributed by atoms with Crippen LogP contribution >= 0.6 is 0 Å². The van der Waals surface area contributed by atoms with Crippen molar-refractivity contribution >= 4 is 0 Å². The van der Waals surface area contributed by atoms with E-state index in [-0.39, 0.29) is 0 Å². The number of allylic oxidation sites excluding steroid dienone is 8. The molecule has 0 saturated heterocycles. The number of hydrogen-bond acceptors (Lipinski definition) is 0. The Kier molecular flexibility index (Phi) is 5.35. The van der Waals surface area contributed by atoms with Crippen LogP contribution in [0.3, 0.4) is 0 Å². The quantitative estimate of drug-likeness (QED) is 0.488. The molecule has 2 atom stereocenters. The van der Waals surface area contributed by atoms with Gasteiger partial charge in [-0.3, -0.25) is 0 Å². The van der Waals surface area contributed by atoms with Crippen LogP contribution in [0.5, 0.6) is 0 Å². The van der Waals surface area contributed by atoms with Crippen LogP contribution in [0.25, 0.3) is 0 Å². The summed E-state index contributed by atoms with van der Waals surface area (Å²) in [6.45, 7) is 14.3. The van der Waals surface area contributed by atoms with Gasteiger partial charge in [0.05, 0.1) is 0 Å². The molecule has 0 bridgehead atoms. The van der Waals surface area contributed by atoms with E-state index in [4.69, 9.17) is 0 Å². The zero-order valence-electron chi connectivity index (χ0n) is 14.6. The van der Waals surface area contributed by atoms with Gasteiger partial charge in [-0.2, -0.15) is 0 Å². The second kappa shape index (κ2) is 6.53. The molecule has 0 aromatic rings. The standard InChI is InChI=1S/2C10H15.Zr/c2*1-4-5-10-6-8(2)9(3)7-10;/h2*6-7H,4-5H2,1-3H3;. The van der Waals surface area contributed by atoms with Gasteiger partial charge in [0.15, 0.2) is 0 Å². The molecule has 0 fully saturated rings. The van der Waals surface area contributed by atoms with Crippen LogP contribution < -0.4 is 0 Å². The SMILES string of the molecule is CCCC1=C[C](C)([Zr][C]2(C)C=C(CCC)C=C2C)C(C)=C1. The van der Waals surface area contributed by atoms with Crippen molar-refractivity contribution in [2.45, 2.75) is 73.5 Å². The summed E-state index contributed by atoms with van der Waals surface area (Å²) in [5.41, 5.74) is 6.40. The van der Waals surface area contributed by atoms with E-state index in [0.29, 0.717) is 6.25 Å². The Bertz CT molecular complexity index is 484. The molecule has 0 aromatic heterocycles. The second-order valence-corrected chi connectivity index (χ2v) is 12.8. The molecule has 2 unspecified atom stereocenters. The first kappa shape index (κ1) is 17.2. The fourth-order valence-electron chi connectivity index (χ4n) is 3.58. The fraction of sp³-hybridized carbons (Fsp3) is 0.600. The molecule has 0 heterocycles. The van der Waals surface area contributed by atoms with Gasteiger partial charge in [0.1, 0.15) is 0 Å². The minimum absolute atomic E-state index is 0.399. The summed E-state index contributed by atoms with van der Waals surface area (Å²) in [5, 5.41) is 0.